The van der Waals surface area contributed by atoms with E-state index in [9.17, 15) is 14.4 Å². The highest BCUT2D eigenvalue weighted by atomic mass is 35.5. The second-order valence-electron chi connectivity index (χ2n) is 4.79. The summed E-state index contributed by atoms with van der Waals surface area (Å²) in [6, 6.07) is 10.4. The Morgan fingerprint density at radius 2 is 1.44 bits per heavy atom. The molecule has 130 valence electrons. The molecule has 0 aliphatic heterocycles. The van der Waals surface area contributed by atoms with Gasteiger partial charge in [0, 0.05) is 0 Å². The van der Waals surface area contributed by atoms with Crippen LogP contribution in [-0.4, -0.2) is 31.6 Å². The number of para-hydroxylation sites is 1. The number of anilines is 1. The van der Waals surface area contributed by atoms with E-state index in [-0.39, 0.29) is 21.3 Å². The van der Waals surface area contributed by atoms with Crippen molar-refractivity contribution in [1.29, 1.82) is 0 Å². The lowest BCUT2D eigenvalue weighted by Crippen LogP contribution is -2.21. The molecule has 0 heterocycles. The topological polar surface area (TPSA) is 81.7 Å². The van der Waals surface area contributed by atoms with Gasteiger partial charge in [0.15, 0.2) is 6.61 Å². The number of nitrogens with one attached hydrogen (secondary N) is 1. The number of hydrogen-bond acceptors (Lipinski definition) is 5. The number of amides is 1. The molecule has 0 spiro atoms. The van der Waals surface area contributed by atoms with Crippen LogP contribution >= 0.6 is 23.2 Å². The van der Waals surface area contributed by atoms with Gasteiger partial charge in [-0.15, -0.1) is 0 Å². The third-order valence-corrected chi connectivity index (χ3v) is 3.73. The summed E-state index contributed by atoms with van der Waals surface area (Å²) in [7, 11) is 1.26. The molecule has 2 rings (SSSR count). The molecule has 0 saturated heterocycles. The second kappa shape index (κ2) is 8.50. The molecule has 1 N–H and O–H groups in total. The fourth-order valence-electron chi connectivity index (χ4n) is 1.87. The van der Waals surface area contributed by atoms with Gasteiger partial charge < -0.3 is 14.8 Å². The van der Waals surface area contributed by atoms with E-state index in [1.165, 1.54) is 31.4 Å². The Hall–Kier alpha value is -2.57. The molecule has 0 radical (unpaired) electrons. The van der Waals surface area contributed by atoms with Crippen LogP contribution < -0.4 is 5.32 Å². The maximum absolute atomic E-state index is 11.9. The van der Waals surface area contributed by atoms with Crippen LogP contribution in [0.4, 0.5) is 5.69 Å². The number of rotatable bonds is 5. The highest BCUT2D eigenvalue weighted by Gasteiger charge is 2.14. The molecule has 8 heteroatoms. The van der Waals surface area contributed by atoms with Crippen molar-refractivity contribution in [2.45, 2.75) is 0 Å². The van der Waals surface area contributed by atoms with E-state index >= 15 is 0 Å². The minimum absolute atomic E-state index is 0.191. The summed E-state index contributed by atoms with van der Waals surface area (Å²) in [6.07, 6.45) is 0. The Labute approximate surface area is 153 Å². The summed E-state index contributed by atoms with van der Waals surface area (Å²) in [5.74, 6) is -1.82. The van der Waals surface area contributed by atoms with Crippen LogP contribution in [-0.2, 0) is 14.3 Å². The minimum atomic E-state index is -0.711. The van der Waals surface area contributed by atoms with E-state index in [0.717, 1.165) is 0 Å². The van der Waals surface area contributed by atoms with Gasteiger partial charge in [-0.1, -0.05) is 29.3 Å². The normalized spacial score (nSPS) is 10.0. The van der Waals surface area contributed by atoms with Crippen molar-refractivity contribution >= 4 is 46.7 Å². The molecule has 2 aromatic carbocycles. The average Bonchev–Trinajstić information content (AvgIpc) is 2.62. The Balaban J connectivity index is 1.93. The summed E-state index contributed by atoms with van der Waals surface area (Å²) >= 11 is 11.9. The van der Waals surface area contributed by atoms with Crippen molar-refractivity contribution in [1.82, 2.24) is 0 Å². The number of benzene rings is 2. The largest absolute Gasteiger partial charge is 0.465 e. The lowest BCUT2D eigenvalue weighted by molar-refractivity contribution is -0.119. The fraction of sp³-hybridized carbons (Fsp3) is 0.118. The zero-order chi connectivity index (χ0) is 18.4. The molecular formula is C17H13Cl2NO5. The third kappa shape index (κ3) is 4.95. The Bertz CT molecular complexity index is 785. The zero-order valence-corrected chi connectivity index (χ0v) is 14.6. The molecule has 0 bridgehead atoms. The maximum Gasteiger partial charge on any atom is 0.338 e. The third-order valence-electron chi connectivity index (χ3n) is 3.10. The summed E-state index contributed by atoms with van der Waals surface area (Å²) in [4.78, 5) is 35.1. The monoisotopic (exact) mass is 381 g/mol. The Morgan fingerprint density at radius 3 is 1.96 bits per heavy atom. The molecule has 0 saturated carbocycles. The molecule has 0 atom stereocenters. The number of carbonyl (C=O) groups excluding carboxylic acids is 3. The van der Waals surface area contributed by atoms with E-state index in [4.69, 9.17) is 27.9 Å². The van der Waals surface area contributed by atoms with Gasteiger partial charge >= 0.3 is 11.9 Å². The zero-order valence-electron chi connectivity index (χ0n) is 13.0. The van der Waals surface area contributed by atoms with Crippen molar-refractivity contribution in [3.63, 3.8) is 0 Å². The van der Waals surface area contributed by atoms with Gasteiger partial charge in [-0.2, -0.15) is 0 Å². The molecule has 1 amide bonds. The predicted octanol–water partition coefficient (Wildman–Crippen LogP) is 3.58. The molecule has 2 aromatic rings. The fourth-order valence-corrected chi connectivity index (χ4v) is 2.36. The van der Waals surface area contributed by atoms with E-state index in [2.05, 4.69) is 10.1 Å². The van der Waals surface area contributed by atoms with Crippen molar-refractivity contribution in [3.05, 3.63) is 63.6 Å². The second-order valence-corrected chi connectivity index (χ2v) is 5.60. The smallest absolute Gasteiger partial charge is 0.338 e. The van der Waals surface area contributed by atoms with Crippen LogP contribution in [0.1, 0.15) is 20.7 Å². The summed E-state index contributed by atoms with van der Waals surface area (Å²) < 4.78 is 9.48. The SMILES string of the molecule is COC(=O)c1ccc(C(=O)OCC(=O)Nc2c(Cl)cccc2Cl)cc1. The van der Waals surface area contributed by atoms with E-state index < -0.39 is 24.5 Å². The van der Waals surface area contributed by atoms with Gasteiger partial charge in [-0.3, -0.25) is 4.79 Å². The predicted molar refractivity (Wildman–Crippen MR) is 93.2 cm³/mol. The van der Waals surface area contributed by atoms with Gasteiger partial charge in [-0.25, -0.2) is 9.59 Å². The van der Waals surface area contributed by atoms with E-state index in [1.54, 1.807) is 18.2 Å². The van der Waals surface area contributed by atoms with Crippen LogP contribution in [0.15, 0.2) is 42.5 Å². The highest BCUT2D eigenvalue weighted by molar-refractivity contribution is 6.39. The van der Waals surface area contributed by atoms with Crippen LogP contribution in [0.3, 0.4) is 0 Å². The Kier molecular flexibility index (Phi) is 6.38. The number of hydrogen-bond donors (Lipinski definition) is 1. The summed E-state index contributed by atoms with van der Waals surface area (Å²) in [5.41, 5.74) is 0.732. The first kappa shape index (κ1) is 18.8. The molecular weight excluding hydrogens is 369 g/mol. The van der Waals surface area contributed by atoms with E-state index in [0.29, 0.717) is 5.56 Å². The van der Waals surface area contributed by atoms with Crippen LogP contribution in [0, 0.1) is 0 Å². The van der Waals surface area contributed by atoms with Gasteiger partial charge in [0.1, 0.15) is 0 Å². The lowest BCUT2D eigenvalue weighted by Gasteiger charge is -2.09. The molecule has 0 aliphatic carbocycles. The van der Waals surface area contributed by atoms with Crippen LogP contribution in [0.2, 0.25) is 10.0 Å². The minimum Gasteiger partial charge on any atom is -0.465 e. The number of carbonyl (C=O) groups is 3. The molecule has 0 aromatic heterocycles. The van der Waals surface area contributed by atoms with Crippen LogP contribution in [0.25, 0.3) is 0 Å². The quantitative estimate of drug-likeness (QED) is 0.800. The van der Waals surface area contributed by atoms with Gasteiger partial charge in [0.2, 0.25) is 0 Å². The average molecular weight is 382 g/mol. The highest BCUT2D eigenvalue weighted by Crippen LogP contribution is 2.29. The molecule has 0 unspecified atom stereocenters. The van der Waals surface area contributed by atoms with Crippen molar-refractivity contribution in [2.24, 2.45) is 0 Å². The van der Waals surface area contributed by atoms with Gasteiger partial charge in [0.25, 0.3) is 5.91 Å². The first-order chi connectivity index (χ1) is 11.9. The number of methoxy groups -OCH3 is 1. The number of ether oxygens (including phenoxy) is 2. The van der Waals surface area contributed by atoms with Crippen molar-refractivity contribution in [3.8, 4) is 0 Å². The molecule has 0 aliphatic rings. The number of halogens is 2. The molecule has 25 heavy (non-hydrogen) atoms. The Morgan fingerprint density at radius 1 is 0.920 bits per heavy atom. The van der Waals surface area contributed by atoms with Crippen molar-refractivity contribution < 1.29 is 23.9 Å². The van der Waals surface area contributed by atoms with Gasteiger partial charge in [0.05, 0.1) is 34.0 Å². The molecule has 0 fully saturated rings. The van der Waals surface area contributed by atoms with E-state index in [1.807, 2.05) is 0 Å². The summed E-state index contributed by atoms with van der Waals surface area (Å²) in [6.45, 7) is -0.515. The maximum atomic E-state index is 11.9. The first-order valence-corrected chi connectivity index (χ1v) is 7.77. The van der Waals surface area contributed by atoms with Gasteiger partial charge in [-0.05, 0) is 36.4 Å². The van der Waals surface area contributed by atoms with Crippen molar-refractivity contribution in [2.75, 3.05) is 19.0 Å². The first-order valence-electron chi connectivity index (χ1n) is 7.01. The standard InChI is InChI=1S/C17H13Cl2NO5/c1-24-16(22)10-5-7-11(8-6-10)17(23)25-9-14(21)20-15-12(18)3-2-4-13(15)19/h2-8H,9H2,1H3,(H,20,21). The van der Waals surface area contributed by atoms with Crippen LogP contribution in [0.5, 0.6) is 0 Å². The molecule has 6 nitrogen and oxygen atoms in total. The number of esters is 2. The lowest BCUT2D eigenvalue weighted by atomic mass is 10.1. The summed E-state index contributed by atoms with van der Waals surface area (Å²) in [5, 5.41) is 3.01.